The summed E-state index contributed by atoms with van der Waals surface area (Å²) in [4.78, 5) is 10.9. The lowest BCUT2D eigenvalue weighted by Gasteiger charge is -2.14. The number of nitrogens with one attached hydrogen (secondary N) is 1. The van der Waals surface area contributed by atoms with Gasteiger partial charge in [-0.2, -0.15) is 5.10 Å². The van der Waals surface area contributed by atoms with Crippen LogP contribution in [0, 0.1) is 5.92 Å². The van der Waals surface area contributed by atoms with E-state index in [0.717, 1.165) is 5.69 Å². The molecule has 1 unspecified atom stereocenters. The zero-order valence-corrected chi connectivity index (χ0v) is 13.1. The molecule has 0 radical (unpaired) electrons. The molecule has 0 aromatic heterocycles. The molecule has 0 spiro atoms. The molecule has 0 heterocycles. The number of benzene rings is 2. The SMILES string of the molecule is O=C(O)c1ccc(NN=C(C2CC2)C2C=Cc3ccccc32)cc1. The normalized spacial score (nSPS) is 19.2. The van der Waals surface area contributed by atoms with Gasteiger partial charge in [0.15, 0.2) is 0 Å². The molecule has 0 amide bonds. The summed E-state index contributed by atoms with van der Waals surface area (Å²) >= 11 is 0. The fraction of sp³-hybridized carbons (Fsp3) is 0.200. The Labute approximate surface area is 140 Å². The number of nitrogens with zero attached hydrogens (tertiary/aromatic N) is 1. The second kappa shape index (κ2) is 5.96. The molecule has 4 rings (SSSR count). The molecule has 2 aromatic carbocycles. The summed E-state index contributed by atoms with van der Waals surface area (Å²) in [5.74, 6) is -0.146. The van der Waals surface area contributed by atoms with E-state index in [4.69, 9.17) is 5.11 Å². The minimum atomic E-state index is -0.920. The van der Waals surface area contributed by atoms with Gasteiger partial charge >= 0.3 is 5.97 Å². The smallest absolute Gasteiger partial charge is 0.335 e. The van der Waals surface area contributed by atoms with Crippen LogP contribution in [-0.2, 0) is 0 Å². The number of anilines is 1. The molecule has 120 valence electrons. The Kier molecular flexibility index (Phi) is 3.65. The van der Waals surface area contributed by atoms with Gasteiger partial charge in [-0.25, -0.2) is 4.79 Å². The number of carboxylic acid groups (broad SMARTS) is 1. The minimum Gasteiger partial charge on any atom is -0.478 e. The van der Waals surface area contributed by atoms with E-state index < -0.39 is 5.97 Å². The van der Waals surface area contributed by atoms with E-state index in [9.17, 15) is 4.79 Å². The maximum absolute atomic E-state index is 10.9. The maximum Gasteiger partial charge on any atom is 0.335 e. The third kappa shape index (κ3) is 2.83. The van der Waals surface area contributed by atoms with Crippen molar-refractivity contribution in [3.05, 3.63) is 71.3 Å². The molecule has 1 fully saturated rings. The highest BCUT2D eigenvalue weighted by atomic mass is 16.4. The van der Waals surface area contributed by atoms with Crippen LogP contribution in [0.1, 0.15) is 40.2 Å². The first-order valence-electron chi connectivity index (χ1n) is 8.16. The van der Waals surface area contributed by atoms with Gasteiger partial charge in [0.2, 0.25) is 0 Å². The Hall–Kier alpha value is -2.88. The molecule has 2 aliphatic rings. The molecule has 0 aliphatic heterocycles. The Balaban J connectivity index is 1.57. The average Bonchev–Trinajstić information content (AvgIpc) is 3.35. The number of rotatable bonds is 5. The van der Waals surface area contributed by atoms with Crippen LogP contribution in [0.2, 0.25) is 0 Å². The highest BCUT2D eigenvalue weighted by molar-refractivity contribution is 5.99. The van der Waals surface area contributed by atoms with Crippen molar-refractivity contribution in [1.82, 2.24) is 0 Å². The second-order valence-electron chi connectivity index (χ2n) is 6.27. The van der Waals surface area contributed by atoms with Crippen LogP contribution in [0.25, 0.3) is 6.08 Å². The number of aromatic carboxylic acids is 1. The lowest BCUT2D eigenvalue weighted by Crippen LogP contribution is -2.14. The van der Waals surface area contributed by atoms with Crippen molar-refractivity contribution < 1.29 is 9.90 Å². The number of fused-ring (bicyclic) bond motifs is 1. The third-order valence-corrected chi connectivity index (χ3v) is 4.56. The van der Waals surface area contributed by atoms with Crippen LogP contribution in [0.4, 0.5) is 5.69 Å². The van der Waals surface area contributed by atoms with Gasteiger partial charge in [-0.05, 0) is 48.2 Å². The summed E-state index contributed by atoms with van der Waals surface area (Å²) in [6, 6.07) is 15.1. The van der Waals surface area contributed by atoms with Crippen LogP contribution in [0.3, 0.4) is 0 Å². The third-order valence-electron chi connectivity index (χ3n) is 4.56. The number of hydrazone groups is 1. The van der Waals surface area contributed by atoms with Gasteiger partial charge < -0.3 is 5.11 Å². The van der Waals surface area contributed by atoms with Crippen LogP contribution in [-0.4, -0.2) is 16.8 Å². The molecule has 0 bridgehead atoms. The minimum absolute atomic E-state index is 0.236. The zero-order chi connectivity index (χ0) is 16.5. The molecule has 4 heteroatoms. The van der Waals surface area contributed by atoms with E-state index in [1.807, 2.05) is 0 Å². The number of allylic oxidation sites excluding steroid dienone is 1. The van der Waals surface area contributed by atoms with E-state index in [1.165, 1.54) is 29.7 Å². The molecule has 0 saturated heterocycles. The van der Waals surface area contributed by atoms with Crippen LogP contribution < -0.4 is 5.43 Å². The van der Waals surface area contributed by atoms with Crippen molar-refractivity contribution in [3.63, 3.8) is 0 Å². The number of hydrogen-bond acceptors (Lipinski definition) is 3. The molecular formula is C20H18N2O2. The molecule has 2 aliphatic carbocycles. The topological polar surface area (TPSA) is 61.7 Å². The van der Waals surface area contributed by atoms with Crippen LogP contribution >= 0.6 is 0 Å². The van der Waals surface area contributed by atoms with Gasteiger partial charge in [0.05, 0.1) is 17.0 Å². The van der Waals surface area contributed by atoms with E-state index in [1.54, 1.807) is 24.3 Å². The van der Waals surface area contributed by atoms with Gasteiger partial charge in [0.1, 0.15) is 0 Å². The second-order valence-corrected chi connectivity index (χ2v) is 6.27. The van der Waals surface area contributed by atoms with Gasteiger partial charge in [0, 0.05) is 11.8 Å². The Morgan fingerprint density at radius 3 is 2.54 bits per heavy atom. The zero-order valence-electron chi connectivity index (χ0n) is 13.1. The largest absolute Gasteiger partial charge is 0.478 e. The van der Waals surface area contributed by atoms with Gasteiger partial charge in [-0.1, -0.05) is 36.4 Å². The fourth-order valence-electron chi connectivity index (χ4n) is 3.12. The van der Waals surface area contributed by atoms with Crippen LogP contribution in [0.5, 0.6) is 0 Å². The van der Waals surface area contributed by atoms with Crippen molar-refractivity contribution in [3.8, 4) is 0 Å². The van der Waals surface area contributed by atoms with Gasteiger partial charge in [0.25, 0.3) is 0 Å². The fourth-order valence-corrected chi connectivity index (χ4v) is 3.12. The first kappa shape index (κ1) is 14.7. The summed E-state index contributed by atoms with van der Waals surface area (Å²) in [7, 11) is 0. The molecule has 24 heavy (non-hydrogen) atoms. The first-order valence-corrected chi connectivity index (χ1v) is 8.16. The summed E-state index contributed by atoms with van der Waals surface area (Å²) < 4.78 is 0. The molecule has 4 nitrogen and oxygen atoms in total. The quantitative estimate of drug-likeness (QED) is 0.635. The predicted octanol–water partition coefficient (Wildman–Crippen LogP) is 4.37. The average molecular weight is 318 g/mol. The highest BCUT2D eigenvalue weighted by Crippen LogP contribution is 2.40. The van der Waals surface area contributed by atoms with E-state index in [0.29, 0.717) is 5.92 Å². The number of carbonyl (C=O) groups is 1. The van der Waals surface area contributed by atoms with Gasteiger partial charge in [-0.3, -0.25) is 5.43 Å². The van der Waals surface area contributed by atoms with Gasteiger partial charge in [-0.15, -0.1) is 0 Å². The lowest BCUT2D eigenvalue weighted by atomic mass is 9.93. The van der Waals surface area contributed by atoms with Crippen molar-refractivity contribution in [2.75, 3.05) is 5.43 Å². The molecular weight excluding hydrogens is 300 g/mol. The van der Waals surface area contributed by atoms with E-state index >= 15 is 0 Å². The molecule has 1 atom stereocenters. The van der Waals surface area contributed by atoms with E-state index in [-0.39, 0.29) is 11.5 Å². The van der Waals surface area contributed by atoms with Crippen molar-refractivity contribution in [2.45, 2.75) is 18.8 Å². The number of carboxylic acids is 1. The van der Waals surface area contributed by atoms with E-state index in [2.05, 4.69) is 46.9 Å². The Morgan fingerprint density at radius 2 is 1.83 bits per heavy atom. The standard InChI is InChI=1S/C20H18N2O2/c23-20(24)15-7-10-16(11-8-15)21-22-19(14-5-6-14)18-12-9-13-3-1-2-4-17(13)18/h1-4,7-12,14,18,21H,5-6H2,(H,23,24). The Morgan fingerprint density at radius 1 is 1.08 bits per heavy atom. The summed E-state index contributed by atoms with van der Waals surface area (Å²) in [6.07, 6.45) is 6.76. The number of hydrogen-bond donors (Lipinski definition) is 2. The highest BCUT2D eigenvalue weighted by Gasteiger charge is 2.34. The van der Waals surface area contributed by atoms with Crippen molar-refractivity contribution >= 4 is 23.4 Å². The molecule has 1 saturated carbocycles. The van der Waals surface area contributed by atoms with Crippen molar-refractivity contribution in [1.29, 1.82) is 0 Å². The monoisotopic (exact) mass is 318 g/mol. The molecule has 2 N–H and O–H groups in total. The van der Waals surface area contributed by atoms with Crippen molar-refractivity contribution in [2.24, 2.45) is 11.0 Å². The molecule has 2 aromatic rings. The first-order chi connectivity index (χ1) is 11.7. The lowest BCUT2D eigenvalue weighted by molar-refractivity contribution is 0.0697. The summed E-state index contributed by atoms with van der Waals surface area (Å²) in [5.41, 5.74) is 7.92. The summed E-state index contributed by atoms with van der Waals surface area (Å²) in [6.45, 7) is 0. The van der Waals surface area contributed by atoms with Crippen LogP contribution in [0.15, 0.2) is 59.7 Å². The maximum atomic E-state index is 10.9. The predicted molar refractivity (Wildman–Crippen MR) is 95.4 cm³/mol. The summed E-state index contributed by atoms with van der Waals surface area (Å²) in [5, 5.41) is 13.6. The Bertz CT molecular complexity index is 833.